The maximum atomic E-state index is 13.6. The van der Waals surface area contributed by atoms with Gasteiger partial charge >= 0.3 is 0 Å². The van der Waals surface area contributed by atoms with Gasteiger partial charge in [0.05, 0.1) is 22.1 Å². The van der Waals surface area contributed by atoms with Crippen LogP contribution < -0.4 is 10.2 Å². The van der Waals surface area contributed by atoms with Crippen LogP contribution in [0.25, 0.3) is 10.9 Å². The highest BCUT2D eigenvalue weighted by Crippen LogP contribution is 2.53. The molecule has 2 bridgehead atoms. The van der Waals surface area contributed by atoms with Crippen LogP contribution in [0.15, 0.2) is 35.2 Å². The van der Waals surface area contributed by atoms with Gasteiger partial charge in [-0.1, -0.05) is 12.1 Å². The first-order chi connectivity index (χ1) is 15.1. The molecule has 2 saturated heterocycles. The van der Waals surface area contributed by atoms with Crippen LogP contribution in [-0.4, -0.2) is 51.2 Å². The monoisotopic (exact) mass is 437 g/mol. The lowest BCUT2D eigenvalue weighted by Crippen LogP contribution is -2.51. The molecular weight excluding hydrogens is 410 g/mol. The predicted octanol–water partition coefficient (Wildman–Crippen LogP) is 2.86. The average Bonchev–Trinajstić information content (AvgIpc) is 3.49. The van der Waals surface area contributed by atoms with Crippen molar-refractivity contribution in [1.29, 1.82) is 0 Å². The van der Waals surface area contributed by atoms with Gasteiger partial charge in [-0.15, -0.1) is 11.3 Å². The van der Waals surface area contributed by atoms with E-state index in [-0.39, 0.29) is 24.6 Å². The summed E-state index contributed by atoms with van der Waals surface area (Å²) in [6, 6.07) is 8.45. The van der Waals surface area contributed by atoms with Gasteiger partial charge in [0.1, 0.15) is 11.6 Å². The summed E-state index contributed by atoms with van der Waals surface area (Å²) in [7, 11) is 0. The number of hydrogen-bond donors (Lipinski definition) is 2. The van der Waals surface area contributed by atoms with Crippen LogP contribution in [0.5, 0.6) is 0 Å². The van der Waals surface area contributed by atoms with Gasteiger partial charge in [-0.25, -0.2) is 15.0 Å². The molecule has 2 aliphatic heterocycles. The van der Waals surface area contributed by atoms with Crippen molar-refractivity contribution in [3.63, 3.8) is 0 Å². The third-order valence-corrected chi connectivity index (χ3v) is 7.37. The van der Waals surface area contributed by atoms with Crippen molar-refractivity contribution < 1.29 is 9.90 Å². The van der Waals surface area contributed by atoms with E-state index >= 15 is 0 Å². The van der Waals surface area contributed by atoms with Crippen molar-refractivity contribution in [2.45, 2.75) is 51.1 Å². The molecule has 5 rings (SSSR count). The van der Waals surface area contributed by atoms with Gasteiger partial charge in [0.15, 0.2) is 0 Å². The quantitative estimate of drug-likeness (QED) is 0.553. The van der Waals surface area contributed by atoms with E-state index in [0.29, 0.717) is 19.4 Å². The first-order valence-corrected chi connectivity index (χ1v) is 11.8. The number of fused-ring (bicyclic) bond motifs is 3. The van der Waals surface area contributed by atoms with Gasteiger partial charge in [0.2, 0.25) is 5.91 Å². The maximum absolute atomic E-state index is 13.6. The first-order valence-electron chi connectivity index (χ1n) is 10.9. The fourth-order valence-corrected chi connectivity index (χ4v) is 6.05. The molecule has 3 aromatic rings. The maximum Gasteiger partial charge on any atom is 0.228 e. The van der Waals surface area contributed by atoms with Crippen molar-refractivity contribution in [3.8, 4) is 0 Å². The topological polar surface area (TPSA) is 91.2 Å². The van der Waals surface area contributed by atoms with Gasteiger partial charge in [-0.05, 0) is 44.7 Å². The Hall–Kier alpha value is -2.58. The Kier molecular flexibility index (Phi) is 5.35. The minimum atomic E-state index is -0.549. The zero-order chi connectivity index (χ0) is 21.4. The highest BCUT2D eigenvalue weighted by molar-refractivity contribution is 7.07. The molecule has 1 aromatic carbocycles. The normalized spacial score (nSPS) is 24.8. The van der Waals surface area contributed by atoms with E-state index in [9.17, 15) is 4.79 Å². The molecule has 0 aliphatic carbocycles. The zero-order valence-corrected chi connectivity index (χ0v) is 18.4. The van der Waals surface area contributed by atoms with E-state index in [2.05, 4.69) is 26.3 Å². The number of rotatable bonds is 7. The molecule has 2 N–H and O–H groups in total. The number of aromatic nitrogens is 3. The van der Waals surface area contributed by atoms with E-state index in [0.717, 1.165) is 47.5 Å². The number of anilines is 1. The Morgan fingerprint density at radius 3 is 3.00 bits per heavy atom. The van der Waals surface area contributed by atoms with Crippen molar-refractivity contribution in [3.05, 3.63) is 46.7 Å². The van der Waals surface area contributed by atoms with Gasteiger partial charge in [0.25, 0.3) is 0 Å². The summed E-state index contributed by atoms with van der Waals surface area (Å²) < 4.78 is 0. The SMILES string of the molecule is Cc1nc(N2[C@@H]3CC[C@H]2[C@@](Cc2cscn2)(C(=O)NCCCO)C3)c2ccccc2n1. The number of hydrogen-bond acceptors (Lipinski definition) is 7. The van der Waals surface area contributed by atoms with Crippen molar-refractivity contribution in [2.24, 2.45) is 5.41 Å². The molecule has 31 heavy (non-hydrogen) atoms. The number of aryl methyl sites for hydroxylation is 1. The molecule has 8 heteroatoms. The molecule has 162 valence electrons. The molecule has 7 nitrogen and oxygen atoms in total. The summed E-state index contributed by atoms with van der Waals surface area (Å²) in [4.78, 5) is 30.0. The minimum absolute atomic E-state index is 0.0611. The van der Waals surface area contributed by atoms with Gasteiger partial charge < -0.3 is 15.3 Å². The van der Waals surface area contributed by atoms with Gasteiger partial charge in [-0.3, -0.25) is 4.79 Å². The predicted molar refractivity (Wildman–Crippen MR) is 121 cm³/mol. The van der Waals surface area contributed by atoms with E-state index in [1.807, 2.05) is 36.0 Å². The Morgan fingerprint density at radius 1 is 1.32 bits per heavy atom. The van der Waals surface area contributed by atoms with Crippen LogP contribution >= 0.6 is 11.3 Å². The molecule has 2 aliphatic rings. The summed E-state index contributed by atoms with van der Waals surface area (Å²) in [6.45, 7) is 2.49. The van der Waals surface area contributed by atoms with E-state index in [1.165, 1.54) is 0 Å². The van der Waals surface area contributed by atoms with Crippen LogP contribution in [0.3, 0.4) is 0 Å². The molecule has 4 heterocycles. The molecule has 0 saturated carbocycles. The zero-order valence-electron chi connectivity index (χ0n) is 17.6. The lowest BCUT2D eigenvalue weighted by atomic mass is 9.70. The van der Waals surface area contributed by atoms with Crippen LogP contribution in [0.2, 0.25) is 0 Å². The van der Waals surface area contributed by atoms with Crippen LogP contribution in [-0.2, 0) is 11.2 Å². The van der Waals surface area contributed by atoms with Crippen molar-refractivity contribution in [2.75, 3.05) is 18.1 Å². The Bertz CT molecular complexity index is 1090. The number of para-hydroxylation sites is 1. The lowest BCUT2D eigenvalue weighted by Gasteiger charge is -2.36. The summed E-state index contributed by atoms with van der Waals surface area (Å²) in [5.74, 6) is 1.76. The number of carbonyl (C=O) groups is 1. The number of thiazole rings is 1. The fraction of sp³-hybridized carbons (Fsp3) is 0.478. The summed E-state index contributed by atoms with van der Waals surface area (Å²) in [5, 5.41) is 15.3. The van der Waals surface area contributed by atoms with Gasteiger partial charge in [-0.2, -0.15) is 0 Å². The van der Waals surface area contributed by atoms with E-state index in [1.54, 1.807) is 11.3 Å². The standard InChI is InChI=1S/C23H27N5O2S/c1-15-26-19-6-3-2-5-18(19)21(27-15)28-17-7-8-20(28)23(12-17,11-16-13-31-14-25-16)22(30)24-9-4-10-29/h2-3,5-6,13-14,17,20,29H,4,7-12H2,1H3,(H,24,30)/t17-,20+,23+/m1/s1. The van der Waals surface area contributed by atoms with Crippen molar-refractivity contribution >= 4 is 34.0 Å². The molecular formula is C23H27N5O2S. The van der Waals surface area contributed by atoms with E-state index < -0.39 is 5.41 Å². The number of nitrogens with one attached hydrogen (secondary N) is 1. The third kappa shape index (κ3) is 3.47. The highest BCUT2D eigenvalue weighted by atomic mass is 32.1. The number of amides is 1. The van der Waals surface area contributed by atoms with Crippen molar-refractivity contribution in [1.82, 2.24) is 20.3 Å². The molecule has 2 fully saturated rings. The summed E-state index contributed by atoms with van der Waals surface area (Å²) >= 11 is 1.57. The Labute approximate surface area is 185 Å². The van der Waals surface area contributed by atoms with Gasteiger partial charge in [0, 0.05) is 42.4 Å². The second-order valence-electron chi connectivity index (χ2n) is 8.62. The molecule has 0 radical (unpaired) electrons. The third-order valence-electron chi connectivity index (χ3n) is 6.73. The van der Waals surface area contributed by atoms with Crippen LogP contribution in [0.1, 0.15) is 37.2 Å². The van der Waals surface area contributed by atoms with Crippen LogP contribution in [0, 0.1) is 12.3 Å². The average molecular weight is 438 g/mol. The number of nitrogens with zero attached hydrogens (tertiary/aromatic N) is 4. The smallest absolute Gasteiger partial charge is 0.228 e. The second kappa shape index (κ2) is 8.16. The Morgan fingerprint density at radius 2 is 2.19 bits per heavy atom. The largest absolute Gasteiger partial charge is 0.396 e. The van der Waals surface area contributed by atoms with E-state index in [4.69, 9.17) is 10.1 Å². The minimum Gasteiger partial charge on any atom is -0.396 e. The fourth-order valence-electron chi connectivity index (χ4n) is 5.49. The number of carbonyl (C=O) groups excluding carboxylic acids is 1. The van der Waals surface area contributed by atoms with Crippen LogP contribution in [0.4, 0.5) is 5.82 Å². The number of benzene rings is 1. The molecule has 0 unspecified atom stereocenters. The molecule has 1 amide bonds. The lowest BCUT2D eigenvalue weighted by molar-refractivity contribution is -0.132. The summed E-state index contributed by atoms with van der Waals surface area (Å²) in [5.41, 5.74) is 3.19. The number of aliphatic hydroxyl groups is 1. The molecule has 0 spiro atoms. The highest BCUT2D eigenvalue weighted by Gasteiger charge is 2.60. The molecule has 3 atom stereocenters. The first kappa shape index (κ1) is 20.3. The number of aliphatic hydroxyl groups excluding tert-OH is 1. The molecule has 2 aromatic heterocycles. The Balaban J connectivity index is 1.56. The summed E-state index contributed by atoms with van der Waals surface area (Å²) in [6.07, 6.45) is 4.00. The second-order valence-corrected chi connectivity index (χ2v) is 9.33.